The molecule has 2 N–H and O–H groups in total. The molecule has 2 atom stereocenters. The van der Waals surface area contributed by atoms with Crippen molar-refractivity contribution in [2.75, 3.05) is 6.54 Å². The molecule has 1 aromatic rings. The molecule has 0 aliphatic carbocycles. The Labute approximate surface area is 115 Å². The second-order valence-electron chi connectivity index (χ2n) is 6.21. The van der Waals surface area contributed by atoms with Gasteiger partial charge >= 0.3 is 0 Å². The lowest BCUT2D eigenvalue weighted by atomic mass is 10.00. The molecule has 5 heteroatoms. The number of rotatable bonds is 2. The summed E-state index contributed by atoms with van der Waals surface area (Å²) in [5.41, 5.74) is 6.02. The summed E-state index contributed by atoms with van der Waals surface area (Å²) < 4.78 is 2.08. The number of nitrogens with zero attached hydrogens (tertiary/aromatic N) is 4. The van der Waals surface area contributed by atoms with Gasteiger partial charge in [-0.1, -0.05) is 6.42 Å². The lowest BCUT2D eigenvalue weighted by Crippen LogP contribution is -2.39. The number of piperidine rings is 1. The third-order valence-electron chi connectivity index (χ3n) is 4.43. The number of aromatic nitrogens is 3. The van der Waals surface area contributed by atoms with Crippen molar-refractivity contribution in [3.63, 3.8) is 0 Å². The zero-order valence-corrected chi connectivity index (χ0v) is 12.0. The number of hydrogen-bond acceptors (Lipinski definition) is 4. The highest BCUT2D eigenvalue weighted by atomic mass is 15.4. The zero-order valence-electron chi connectivity index (χ0n) is 12.0. The van der Waals surface area contributed by atoms with Crippen molar-refractivity contribution in [3.05, 3.63) is 11.6 Å². The Balaban J connectivity index is 1.84. The SMILES string of the molecule is CC(C)N1CCCCC1c1nc2n(n1)CCC(N)C2. The lowest BCUT2D eigenvalue weighted by molar-refractivity contribution is 0.106. The fraction of sp³-hybridized carbons (Fsp3) is 0.857. The third kappa shape index (κ3) is 2.54. The average Bonchev–Trinajstić information content (AvgIpc) is 2.81. The quantitative estimate of drug-likeness (QED) is 0.878. The predicted molar refractivity (Wildman–Crippen MR) is 74.8 cm³/mol. The van der Waals surface area contributed by atoms with Crippen LogP contribution in [-0.4, -0.2) is 38.3 Å². The van der Waals surface area contributed by atoms with Crippen LogP contribution in [0.3, 0.4) is 0 Å². The highest BCUT2D eigenvalue weighted by Crippen LogP contribution is 2.31. The highest BCUT2D eigenvalue weighted by molar-refractivity contribution is 5.04. The van der Waals surface area contributed by atoms with Crippen molar-refractivity contribution in [2.24, 2.45) is 5.73 Å². The van der Waals surface area contributed by atoms with Gasteiger partial charge in [0.05, 0.1) is 6.04 Å². The Bertz CT molecular complexity index is 439. The Morgan fingerprint density at radius 1 is 1.21 bits per heavy atom. The Kier molecular flexibility index (Phi) is 3.58. The van der Waals surface area contributed by atoms with Crippen LogP contribution in [0.2, 0.25) is 0 Å². The summed E-state index contributed by atoms with van der Waals surface area (Å²) in [6, 6.07) is 1.23. The summed E-state index contributed by atoms with van der Waals surface area (Å²) in [5.74, 6) is 2.11. The topological polar surface area (TPSA) is 60.0 Å². The van der Waals surface area contributed by atoms with Crippen molar-refractivity contribution in [2.45, 2.75) is 70.6 Å². The molecule has 1 aromatic heterocycles. The molecule has 2 aliphatic rings. The lowest BCUT2D eigenvalue weighted by Gasteiger charge is -2.36. The minimum Gasteiger partial charge on any atom is -0.327 e. The number of likely N-dealkylation sites (tertiary alicyclic amines) is 1. The first-order valence-corrected chi connectivity index (χ1v) is 7.60. The van der Waals surface area contributed by atoms with Gasteiger partial charge in [0.1, 0.15) is 5.82 Å². The molecule has 2 unspecified atom stereocenters. The summed E-state index contributed by atoms with van der Waals surface area (Å²) in [5, 5.41) is 4.75. The summed E-state index contributed by atoms with van der Waals surface area (Å²) in [4.78, 5) is 7.33. The van der Waals surface area contributed by atoms with Gasteiger partial charge in [0.25, 0.3) is 0 Å². The maximum atomic E-state index is 6.02. The molecule has 0 aromatic carbocycles. The van der Waals surface area contributed by atoms with E-state index in [-0.39, 0.29) is 6.04 Å². The summed E-state index contributed by atoms with van der Waals surface area (Å²) >= 11 is 0. The smallest absolute Gasteiger partial charge is 0.168 e. The second-order valence-corrected chi connectivity index (χ2v) is 6.21. The van der Waals surface area contributed by atoms with E-state index in [1.807, 2.05) is 0 Å². The molecule has 0 saturated carbocycles. The summed E-state index contributed by atoms with van der Waals surface area (Å²) in [7, 11) is 0. The predicted octanol–water partition coefficient (Wildman–Crippen LogP) is 1.49. The van der Waals surface area contributed by atoms with E-state index >= 15 is 0 Å². The van der Waals surface area contributed by atoms with Gasteiger partial charge in [-0.15, -0.1) is 0 Å². The first kappa shape index (κ1) is 13.1. The molecule has 0 amide bonds. The highest BCUT2D eigenvalue weighted by Gasteiger charge is 2.30. The first-order valence-electron chi connectivity index (χ1n) is 7.60. The third-order valence-corrected chi connectivity index (χ3v) is 4.43. The van der Waals surface area contributed by atoms with Gasteiger partial charge in [0.2, 0.25) is 0 Å². The molecule has 3 rings (SSSR count). The van der Waals surface area contributed by atoms with Crippen LogP contribution in [0, 0.1) is 0 Å². The van der Waals surface area contributed by atoms with Gasteiger partial charge in [-0.25, -0.2) is 9.67 Å². The minimum absolute atomic E-state index is 0.261. The van der Waals surface area contributed by atoms with Gasteiger partial charge in [0.15, 0.2) is 5.82 Å². The molecule has 0 radical (unpaired) electrons. The van der Waals surface area contributed by atoms with Crippen LogP contribution in [-0.2, 0) is 13.0 Å². The minimum atomic E-state index is 0.261. The van der Waals surface area contributed by atoms with Crippen molar-refractivity contribution in [3.8, 4) is 0 Å². The normalized spacial score (nSPS) is 28.6. The second kappa shape index (κ2) is 5.21. The maximum Gasteiger partial charge on any atom is 0.168 e. The molecule has 0 spiro atoms. The summed E-state index contributed by atoms with van der Waals surface area (Å²) in [6.45, 7) is 6.64. The first-order chi connectivity index (χ1) is 9.15. The molecule has 5 nitrogen and oxygen atoms in total. The Hall–Kier alpha value is -0.940. The number of hydrogen-bond donors (Lipinski definition) is 1. The van der Waals surface area contributed by atoms with Gasteiger partial charge < -0.3 is 5.73 Å². The molecule has 106 valence electrons. The molecular formula is C14H25N5. The number of fused-ring (bicyclic) bond motifs is 1. The molecular weight excluding hydrogens is 238 g/mol. The fourth-order valence-electron chi connectivity index (χ4n) is 3.34. The van der Waals surface area contributed by atoms with Crippen LogP contribution < -0.4 is 5.73 Å². The number of nitrogens with two attached hydrogens (primary N) is 1. The van der Waals surface area contributed by atoms with Crippen molar-refractivity contribution >= 4 is 0 Å². The Morgan fingerprint density at radius 3 is 2.84 bits per heavy atom. The van der Waals surface area contributed by atoms with Crippen molar-refractivity contribution in [1.82, 2.24) is 19.7 Å². The maximum absolute atomic E-state index is 6.02. The molecule has 1 saturated heterocycles. The van der Waals surface area contributed by atoms with Crippen LogP contribution in [0.4, 0.5) is 0 Å². The van der Waals surface area contributed by atoms with E-state index in [0.29, 0.717) is 12.1 Å². The van der Waals surface area contributed by atoms with Crippen LogP contribution in [0.25, 0.3) is 0 Å². The van der Waals surface area contributed by atoms with E-state index in [1.165, 1.54) is 25.8 Å². The van der Waals surface area contributed by atoms with Crippen LogP contribution in [0.5, 0.6) is 0 Å². The Morgan fingerprint density at radius 2 is 2.05 bits per heavy atom. The largest absolute Gasteiger partial charge is 0.327 e. The van der Waals surface area contributed by atoms with Gasteiger partial charge in [-0.3, -0.25) is 4.90 Å². The fourth-order valence-corrected chi connectivity index (χ4v) is 3.34. The van der Waals surface area contributed by atoms with Gasteiger partial charge in [-0.05, 0) is 39.7 Å². The molecule has 19 heavy (non-hydrogen) atoms. The van der Waals surface area contributed by atoms with Crippen LogP contribution in [0.1, 0.15) is 57.2 Å². The summed E-state index contributed by atoms with van der Waals surface area (Å²) in [6.07, 6.45) is 5.67. The molecule has 2 aliphatic heterocycles. The molecule has 1 fully saturated rings. The van der Waals surface area contributed by atoms with Gasteiger partial charge in [0, 0.05) is 25.0 Å². The van der Waals surface area contributed by atoms with Gasteiger partial charge in [-0.2, -0.15) is 5.10 Å². The van der Waals surface area contributed by atoms with E-state index in [4.69, 9.17) is 15.8 Å². The van der Waals surface area contributed by atoms with E-state index in [9.17, 15) is 0 Å². The van der Waals surface area contributed by atoms with Crippen molar-refractivity contribution in [1.29, 1.82) is 0 Å². The molecule has 0 bridgehead atoms. The van der Waals surface area contributed by atoms with E-state index < -0.39 is 0 Å². The van der Waals surface area contributed by atoms with Crippen LogP contribution in [0.15, 0.2) is 0 Å². The molecule has 3 heterocycles. The van der Waals surface area contributed by atoms with Crippen LogP contribution >= 0.6 is 0 Å². The number of aryl methyl sites for hydroxylation is 1. The van der Waals surface area contributed by atoms with E-state index in [0.717, 1.165) is 31.0 Å². The standard InChI is InChI=1S/C14H25N5/c1-10(2)18-7-4-3-5-12(18)14-16-13-9-11(15)6-8-19(13)17-14/h10-12H,3-9,15H2,1-2H3. The average molecular weight is 263 g/mol. The monoisotopic (exact) mass is 263 g/mol. The van der Waals surface area contributed by atoms with E-state index in [1.54, 1.807) is 0 Å². The van der Waals surface area contributed by atoms with Crippen molar-refractivity contribution < 1.29 is 0 Å². The zero-order chi connectivity index (χ0) is 13.4. The van der Waals surface area contributed by atoms with E-state index in [2.05, 4.69) is 23.4 Å².